The molecule has 1 saturated carbocycles. The van der Waals surface area contributed by atoms with Crippen molar-refractivity contribution in [3.05, 3.63) is 30.1 Å². The number of benzene rings is 1. The van der Waals surface area contributed by atoms with Crippen LogP contribution < -0.4 is 15.4 Å². The molecule has 0 aromatic heterocycles. The van der Waals surface area contributed by atoms with Gasteiger partial charge < -0.3 is 15.4 Å². The molecular weight excluding hydrogens is 396 g/mol. The molecule has 124 valence electrons. The minimum atomic E-state index is -0.287. The molecule has 0 aliphatic heterocycles. The van der Waals surface area contributed by atoms with Gasteiger partial charge in [-0.1, -0.05) is 18.9 Å². The van der Waals surface area contributed by atoms with Crippen molar-refractivity contribution in [3.8, 4) is 5.75 Å². The van der Waals surface area contributed by atoms with E-state index in [1.807, 2.05) is 6.92 Å². The van der Waals surface area contributed by atoms with Crippen LogP contribution in [0.5, 0.6) is 5.75 Å². The second kappa shape index (κ2) is 9.86. The third-order valence-corrected chi connectivity index (χ3v) is 3.46. The van der Waals surface area contributed by atoms with Gasteiger partial charge in [0.1, 0.15) is 17.7 Å². The summed E-state index contributed by atoms with van der Waals surface area (Å²) in [6.45, 7) is 3.50. The van der Waals surface area contributed by atoms with Crippen LogP contribution in [0.1, 0.15) is 26.2 Å². The summed E-state index contributed by atoms with van der Waals surface area (Å²) in [5.41, 5.74) is 0. The van der Waals surface area contributed by atoms with Crippen LogP contribution in [0.4, 0.5) is 4.39 Å². The normalized spacial score (nSPS) is 15.7. The maximum Gasteiger partial charge on any atom is 0.191 e. The van der Waals surface area contributed by atoms with Gasteiger partial charge in [-0.25, -0.2) is 4.39 Å². The molecule has 0 radical (unpaired) electrons. The highest BCUT2D eigenvalue weighted by Crippen LogP contribution is 2.31. The first-order chi connectivity index (χ1) is 10.2. The molecule has 1 aromatic rings. The lowest BCUT2D eigenvalue weighted by Crippen LogP contribution is -2.42. The van der Waals surface area contributed by atoms with E-state index >= 15 is 0 Å². The fourth-order valence-electron chi connectivity index (χ4n) is 2.08. The number of hydrogen-bond acceptors (Lipinski definition) is 2. The first-order valence-corrected chi connectivity index (χ1v) is 7.54. The molecule has 1 aromatic carbocycles. The zero-order valence-electron chi connectivity index (χ0n) is 13.1. The fourth-order valence-corrected chi connectivity index (χ4v) is 2.08. The Morgan fingerprint density at radius 1 is 1.41 bits per heavy atom. The predicted octanol–water partition coefficient (Wildman–Crippen LogP) is 3.18. The Hall–Kier alpha value is -1.05. The minimum absolute atomic E-state index is 0. The number of rotatable bonds is 7. The summed E-state index contributed by atoms with van der Waals surface area (Å²) >= 11 is 0. The van der Waals surface area contributed by atoms with E-state index in [0.29, 0.717) is 12.3 Å². The smallest absolute Gasteiger partial charge is 0.191 e. The van der Waals surface area contributed by atoms with Gasteiger partial charge in [-0.15, -0.1) is 24.0 Å². The molecule has 22 heavy (non-hydrogen) atoms. The Bertz CT molecular complexity index is 480. The maximum atomic E-state index is 13.1. The first kappa shape index (κ1) is 19.0. The lowest BCUT2D eigenvalue weighted by atomic mass is 10.3. The highest BCUT2D eigenvalue weighted by Gasteiger charge is 2.20. The molecule has 0 amide bonds. The van der Waals surface area contributed by atoms with Crippen LogP contribution in [-0.2, 0) is 0 Å². The highest BCUT2D eigenvalue weighted by atomic mass is 127. The van der Waals surface area contributed by atoms with Crippen molar-refractivity contribution in [1.82, 2.24) is 10.6 Å². The lowest BCUT2D eigenvalue weighted by Gasteiger charge is -2.17. The third kappa shape index (κ3) is 7.29. The van der Waals surface area contributed by atoms with E-state index in [4.69, 9.17) is 4.74 Å². The standard InChI is InChI=1S/C16H24FN3O.HI/c1-12(21-15-5-3-4-14(17)10-15)11-20-16(18-2)19-9-8-13-6-7-13;/h3-5,10,12-13H,6-9,11H2,1-2H3,(H2,18,19,20);1H. The summed E-state index contributed by atoms with van der Waals surface area (Å²) in [5.74, 6) is 1.95. The molecule has 0 saturated heterocycles. The molecule has 1 fully saturated rings. The average molecular weight is 421 g/mol. The van der Waals surface area contributed by atoms with Crippen LogP contribution in [0, 0.1) is 11.7 Å². The number of nitrogens with one attached hydrogen (secondary N) is 2. The molecule has 1 aliphatic rings. The van der Waals surface area contributed by atoms with E-state index in [1.165, 1.54) is 31.4 Å². The number of aliphatic imine (C=N–C) groups is 1. The van der Waals surface area contributed by atoms with E-state index in [1.54, 1.807) is 19.2 Å². The van der Waals surface area contributed by atoms with Crippen molar-refractivity contribution >= 4 is 29.9 Å². The molecule has 0 heterocycles. The molecule has 4 nitrogen and oxygen atoms in total. The largest absolute Gasteiger partial charge is 0.489 e. The summed E-state index contributed by atoms with van der Waals surface area (Å²) in [5, 5.41) is 6.51. The summed E-state index contributed by atoms with van der Waals surface area (Å²) < 4.78 is 18.7. The van der Waals surface area contributed by atoms with E-state index in [2.05, 4.69) is 15.6 Å². The Balaban J connectivity index is 0.00000242. The number of ether oxygens (including phenoxy) is 1. The van der Waals surface area contributed by atoms with Crippen molar-refractivity contribution in [2.75, 3.05) is 20.1 Å². The van der Waals surface area contributed by atoms with Crippen LogP contribution in [0.15, 0.2) is 29.3 Å². The predicted molar refractivity (Wildman–Crippen MR) is 98.6 cm³/mol. The molecule has 1 unspecified atom stereocenters. The monoisotopic (exact) mass is 421 g/mol. The maximum absolute atomic E-state index is 13.1. The molecule has 2 rings (SSSR count). The van der Waals surface area contributed by atoms with E-state index in [-0.39, 0.29) is 35.9 Å². The van der Waals surface area contributed by atoms with Gasteiger partial charge in [0, 0.05) is 19.7 Å². The zero-order valence-corrected chi connectivity index (χ0v) is 15.5. The summed E-state index contributed by atoms with van der Waals surface area (Å²) in [6, 6.07) is 6.19. The Morgan fingerprint density at radius 3 is 2.82 bits per heavy atom. The number of nitrogens with zero attached hydrogens (tertiary/aromatic N) is 1. The second-order valence-electron chi connectivity index (χ2n) is 5.50. The Kier molecular flexibility index (Phi) is 8.52. The van der Waals surface area contributed by atoms with Gasteiger partial charge in [0.25, 0.3) is 0 Å². The number of hydrogen-bond donors (Lipinski definition) is 2. The highest BCUT2D eigenvalue weighted by molar-refractivity contribution is 14.0. The quantitative estimate of drug-likeness (QED) is 0.404. The van der Waals surface area contributed by atoms with Crippen LogP contribution in [0.2, 0.25) is 0 Å². The molecule has 0 spiro atoms. The van der Waals surface area contributed by atoms with Crippen LogP contribution in [0.3, 0.4) is 0 Å². The second-order valence-corrected chi connectivity index (χ2v) is 5.50. The molecule has 2 N–H and O–H groups in total. The van der Waals surface area contributed by atoms with Crippen molar-refractivity contribution in [2.24, 2.45) is 10.9 Å². The van der Waals surface area contributed by atoms with Gasteiger partial charge in [0.15, 0.2) is 5.96 Å². The minimum Gasteiger partial charge on any atom is -0.489 e. The van der Waals surface area contributed by atoms with Crippen LogP contribution >= 0.6 is 24.0 Å². The van der Waals surface area contributed by atoms with E-state index < -0.39 is 0 Å². The lowest BCUT2D eigenvalue weighted by molar-refractivity contribution is 0.223. The topological polar surface area (TPSA) is 45.7 Å². The van der Waals surface area contributed by atoms with Crippen molar-refractivity contribution in [1.29, 1.82) is 0 Å². The van der Waals surface area contributed by atoms with Gasteiger partial charge in [0.05, 0.1) is 6.54 Å². The summed E-state index contributed by atoms with van der Waals surface area (Å²) in [7, 11) is 1.75. The Morgan fingerprint density at radius 2 is 2.18 bits per heavy atom. The molecule has 6 heteroatoms. The van der Waals surface area contributed by atoms with Gasteiger partial charge in [0.2, 0.25) is 0 Å². The molecule has 1 aliphatic carbocycles. The zero-order chi connectivity index (χ0) is 15.1. The first-order valence-electron chi connectivity index (χ1n) is 7.54. The third-order valence-electron chi connectivity index (χ3n) is 3.46. The number of guanidine groups is 1. The SMILES string of the molecule is CN=C(NCCC1CC1)NCC(C)Oc1cccc(F)c1.I. The fraction of sp³-hybridized carbons (Fsp3) is 0.562. The molecular formula is C16H25FIN3O. The average Bonchev–Trinajstić information content (AvgIpc) is 3.26. The molecule has 1 atom stereocenters. The van der Waals surface area contributed by atoms with Gasteiger partial charge in [-0.05, 0) is 31.4 Å². The Labute approximate surface area is 148 Å². The van der Waals surface area contributed by atoms with Crippen LogP contribution in [0.25, 0.3) is 0 Å². The van der Waals surface area contributed by atoms with Gasteiger partial charge in [-0.2, -0.15) is 0 Å². The number of halogens is 2. The van der Waals surface area contributed by atoms with E-state index in [9.17, 15) is 4.39 Å². The van der Waals surface area contributed by atoms with Gasteiger partial charge >= 0.3 is 0 Å². The van der Waals surface area contributed by atoms with Crippen molar-refractivity contribution < 1.29 is 9.13 Å². The van der Waals surface area contributed by atoms with Crippen molar-refractivity contribution in [2.45, 2.75) is 32.3 Å². The van der Waals surface area contributed by atoms with Gasteiger partial charge in [-0.3, -0.25) is 4.99 Å². The van der Waals surface area contributed by atoms with Crippen molar-refractivity contribution in [3.63, 3.8) is 0 Å². The summed E-state index contributed by atoms with van der Waals surface area (Å²) in [6.07, 6.45) is 3.86. The van der Waals surface area contributed by atoms with Crippen LogP contribution in [-0.4, -0.2) is 32.2 Å². The summed E-state index contributed by atoms with van der Waals surface area (Å²) in [4.78, 5) is 4.18. The molecule has 0 bridgehead atoms. The van der Waals surface area contributed by atoms with E-state index in [0.717, 1.165) is 18.4 Å².